The van der Waals surface area contributed by atoms with Gasteiger partial charge >= 0.3 is 5.97 Å². The van der Waals surface area contributed by atoms with Gasteiger partial charge in [0.2, 0.25) is 0 Å². The van der Waals surface area contributed by atoms with Crippen molar-refractivity contribution in [3.8, 4) is 5.69 Å². The highest BCUT2D eigenvalue weighted by Gasteiger charge is 2.41. The zero-order valence-electron chi connectivity index (χ0n) is 21.3. The van der Waals surface area contributed by atoms with Crippen molar-refractivity contribution in [2.45, 2.75) is 32.4 Å². The summed E-state index contributed by atoms with van der Waals surface area (Å²) in [6, 6.07) is 15.1. The predicted octanol–water partition coefficient (Wildman–Crippen LogP) is 3.88. The molecule has 2 atom stereocenters. The van der Waals surface area contributed by atoms with Gasteiger partial charge in [-0.1, -0.05) is 18.2 Å². The fraction of sp³-hybridized carbons (Fsp3) is 0.393. The molecule has 0 aliphatic carbocycles. The van der Waals surface area contributed by atoms with E-state index in [1.54, 1.807) is 12.1 Å². The molecule has 4 heterocycles. The number of ether oxygens (including phenoxy) is 1. The van der Waals surface area contributed by atoms with Gasteiger partial charge in [0.1, 0.15) is 0 Å². The van der Waals surface area contributed by atoms with Crippen LogP contribution in [0.5, 0.6) is 0 Å². The number of carboxylic acid groups (broad SMARTS) is 1. The molecular formula is C28H33N5O3S. The standard InChI is InChI=1S/C28H33N5O3S/c1-19-18-22(20(2)33(19)24-10-4-3-8-21(24)27(34)35)26-25(23-9-5-6-11-29-23)30-28(37)32(26)13-7-12-31-14-16-36-17-15-31/h3-6,8-11,18,25-26H,7,12-17H2,1-2H3,(H,30,37)(H,34,35)/t25-,26-/m1/s1. The zero-order chi connectivity index (χ0) is 25.9. The van der Waals surface area contributed by atoms with Crippen molar-refractivity contribution in [2.75, 3.05) is 39.4 Å². The first-order chi connectivity index (χ1) is 18.0. The van der Waals surface area contributed by atoms with Gasteiger partial charge in [-0.05, 0) is 68.4 Å². The molecule has 0 amide bonds. The second-order valence-electron chi connectivity index (χ2n) is 9.61. The molecule has 3 aromatic rings. The Morgan fingerprint density at radius 1 is 1.14 bits per heavy atom. The van der Waals surface area contributed by atoms with Crippen LogP contribution < -0.4 is 5.32 Å². The normalized spacial score (nSPS) is 20.3. The Morgan fingerprint density at radius 2 is 1.89 bits per heavy atom. The number of hydrogen-bond donors (Lipinski definition) is 2. The van der Waals surface area contributed by atoms with Gasteiger partial charge in [0, 0.05) is 43.8 Å². The van der Waals surface area contributed by atoms with Gasteiger partial charge in [-0.3, -0.25) is 9.88 Å². The van der Waals surface area contributed by atoms with Crippen LogP contribution in [0.25, 0.3) is 5.69 Å². The maximum absolute atomic E-state index is 12.0. The maximum Gasteiger partial charge on any atom is 0.337 e. The van der Waals surface area contributed by atoms with Crippen LogP contribution in [0.1, 0.15) is 51.5 Å². The Labute approximate surface area is 222 Å². The largest absolute Gasteiger partial charge is 0.478 e. The predicted molar refractivity (Wildman–Crippen MR) is 146 cm³/mol. The number of aromatic nitrogens is 2. The Bertz CT molecular complexity index is 1270. The number of pyridine rings is 1. The molecule has 2 saturated heterocycles. The van der Waals surface area contributed by atoms with E-state index in [2.05, 4.69) is 33.1 Å². The number of aryl methyl sites for hydroxylation is 1. The van der Waals surface area contributed by atoms with E-state index in [1.165, 1.54) is 0 Å². The summed E-state index contributed by atoms with van der Waals surface area (Å²) in [5, 5.41) is 14.1. The fourth-order valence-corrected chi connectivity index (χ4v) is 5.91. The lowest BCUT2D eigenvalue weighted by molar-refractivity contribution is 0.0365. The Balaban J connectivity index is 1.51. The number of morpholine rings is 1. The number of carbonyl (C=O) groups is 1. The molecule has 0 bridgehead atoms. The second-order valence-corrected chi connectivity index (χ2v) is 10.00. The van der Waals surface area contributed by atoms with E-state index in [1.807, 2.05) is 48.0 Å². The number of aromatic carboxylic acids is 1. The highest BCUT2D eigenvalue weighted by atomic mass is 32.1. The van der Waals surface area contributed by atoms with Gasteiger partial charge in [0.05, 0.1) is 42.2 Å². The van der Waals surface area contributed by atoms with Gasteiger partial charge in [0.15, 0.2) is 5.11 Å². The van der Waals surface area contributed by atoms with E-state index in [0.29, 0.717) is 5.69 Å². The van der Waals surface area contributed by atoms with Crippen molar-refractivity contribution in [2.24, 2.45) is 0 Å². The molecule has 0 saturated carbocycles. The SMILES string of the molecule is Cc1cc([C@@H]2[C@@H](c3ccccn3)NC(=S)N2CCCN2CCOCC2)c(C)n1-c1ccccc1C(=O)O. The van der Waals surface area contributed by atoms with Gasteiger partial charge in [0.25, 0.3) is 0 Å². The molecule has 2 aliphatic rings. The van der Waals surface area contributed by atoms with Crippen molar-refractivity contribution < 1.29 is 14.6 Å². The summed E-state index contributed by atoms with van der Waals surface area (Å²) < 4.78 is 7.54. The number of nitrogens with zero attached hydrogens (tertiary/aromatic N) is 4. The van der Waals surface area contributed by atoms with Crippen LogP contribution in [0.3, 0.4) is 0 Å². The van der Waals surface area contributed by atoms with Crippen molar-refractivity contribution >= 4 is 23.3 Å². The van der Waals surface area contributed by atoms with Crippen LogP contribution in [-0.4, -0.2) is 74.9 Å². The molecule has 0 unspecified atom stereocenters. The third-order valence-corrected chi connectivity index (χ3v) is 7.69. The van der Waals surface area contributed by atoms with Crippen molar-refractivity contribution in [3.05, 3.63) is 82.9 Å². The fourth-order valence-electron chi connectivity index (χ4n) is 5.58. The number of hydrogen-bond acceptors (Lipinski definition) is 5. The lowest BCUT2D eigenvalue weighted by Crippen LogP contribution is -2.39. The average molecular weight is 520 g/mol. The molecule has 2 aliphatic heterocycles. The summed E-state index contributed by atoms with van der Waals surface area (Å²) in [6.45, 7) is 9.40. The summed E-state index contributed by atoms with van der Waals surface area (Å²) in [4.78, 5) is 21.4. The highest BCUT2D eigenvalue weighted by molar-refractivity contribution is 7.80. The van der Waals surface area contributed by atoms with Gasteiger partial charge in [-0.25, -0.2) is 4.79 Å². The molecule has 9 heteroatoms. The summed E-state index contributed by atoms with van der Waals surface area (Å²) in [5.74, 6) is -0.940. The molecule has 2 fully saturated rings. The first-order valence-electron chi connectivity index (χ1n) is 12.8. The van der Waals surface area contributed by atoms with E-state index in [9.17, 15) is 9.90 Å². The number of benzene rings is 1. The van der Waals surface area contributed by atoms with Crippen LogP contribution >= 0.6 is 12.2 Å². The molecule has 2 N–H and O–H groups in total. The van der Waals surface area contributed by atoms with Crippen molar-refractivity contribution in [1.82, 2.24) is 24.7 Å². The molecule has 0 spiro atoms. The molecule has 0 radical (unpaired) electrons. The molecule has 5 rings (SSSR count). The minimum absolute atomic E-state index is 0.0657. The van der Waals surface area contributed by atoms with Crippen LogP contribution in [-0.2, 0) is 4.74 Å². The van der Waals surface area contributed by atoms with Crippen LogP contribution in [0.4, 0.5) is 0 Å². The molecule has 2 aromatic heterocycles. The van der Waals surface area contributed by atoms with Crippen LogP contribution in [0.2, 0.25) is 0 Å². The van der Waals surface area contributed by atoms with E-state index < -0.39 is 5.97 Å². The molecule has 8 nitrogen and oxygen atoms in total. The van der Waals surface area contributed by atoms with Gasteiger partial charge in [-0.2, -0.15) is 0 Å². The van der Waals surface area contributed by atoms with Crippen LogP contribution in [0.15, 0.2) is 54.7 Å². The first-order valence-corrected chi connectivity index (χ1v) is 13.2. The average Bonchev–Trinajstić information content (AvgIpc) is 3.39. The molecular weight excluding hydrogens is 486 g/mol. The van der Waals surface area contributed by atoms with E-state index >= 15 is 0 Å². The van der Waals surface area contributed by atoms with Crippen molar-refractivity contribution in [3.63, 3.8) is 0 Å². The molecule has 1 aromatic carbocycles. The summed E-state index contributed by atoms with van der Waals surface area (Å²) in [7, 11) is 0. The number of thiocarbonyl (C=S) groups is 1. The Morgan fingerprint density at radius 3 is 2.62 bits per heavy atom. The molecule has 194 valence electrons. The number of para-hydroxylation sites is 1. The lowest BCUT2D eigenvalue weighted by Gasteiger charge is -2.30. The monoisotopic (exact) mass is 519 g/mol. The van der Waals surface area contributed by atoms with E-state index in [0.717, 1.165) is 73.6 Å². The third kappa shape index (κ3) is 5.12. The quantitative estimate of drug-likeness (QED) is 0.434. The number of carboxylic acids is 1. The van der Waals surface area contributed by atoms with E-state index in [4.69, 9.17) is 17.0 Å². The van der Waals surface area contributed by atoms with Crippen molar-refractivity contribution in [1.29, 1.82) is 0 Å². The van der Waals surface area contributed by atoms with Gasteiger partial charge < -0.3 is 24.6 Å². The first kappa shape index (κ1) is 25.4. The maximum atomic E-state index is 12.0. The third-order valence-electron chi connectivity index (χ3n) is 7.34. The van der Waals surface area contributed by atoms with E-state index in [-0.39, 0.29) is 17.6 Å². The number of rotatable bonds is 8. The summed E-state index contributed by atoms with van der Waals surface area (Å²) in [6.07, 6.45) is 2.79. The smallest absolute Gasteiger partial charge is 0.337 e. The Kier molecular flexibility index (Phi) is 7.55. The topological polar surface area (TPSA) is 82.9 Å². The second kappa shape index (κ2) is 11.0. The summed E-state index contributed by atoms with van der Waals surface area (Å²) in [5.41, 5.74) is 4.97. The zero-order valence-corrected chi connectivity index (χ0v) is 22.1. The lowest BCUT2D eigenvalue weighted by atomic mass is 9.96. The minimum atomic E-state index is -0.940. The van der Waals surface area contributed by atoms with Gasteiger partial charge in [-0.15, -0.1) is 0 Å². The molecule has 37 heavy (non-hydrogen) atoms. The highest BCUT2D eigenvalue weighted by Crippen LogP contribution is 2.41. The number of nitrogens with one attached hydrogen (secondary N) is 1. The summed E-state index contributed by atoms with van der Waals surface area (Å²) >= 11 is 5.86. The minimum Gasteiger partial charge on any atom is -0.478 e. The van der Waals surface area contributed by atoms with Crippen LogP contribution in [0, 0.1) is 13.8 Å². The Hall–Kier alpha value is -3.27.